The molecule has 0 amide bonds. The van der Waals surface area contributed by atoms with Crippen LogP contribution in [0.3, 0.4) is 0 Å². The van der Waals surface area contributed by atoms with E-state index >= 15 is 0 Å². The van der Waals surface area contributed by atoms with Crippen LogP contribution in [0.15, 0.2) is 29.3 Å². The summed E-state index contributed by atoms with van der Waals surface area (Å²) in [7, 11) is 0.493. The first-order chi connectivity index (χ1) is 7.50. The lowest BCUT2D eigenvalue weighted by molar-refractivity contribution is 0.222. The molecule has 0 spiro atoms. The second-order valence-electron chi connectivity index (χ2n) is 3.70. The summed E-state index contributed by atoms with van der Waals surface area (Å²) in [6, 6.07) is 4.16. The van der Waals surface area contributed by atoms with Crippen LogP contribution in [0, 0.1) is 5.82 Å². The second-order valence-corrected chi connectivity index (χ2v) is 5.08. The summed E-state index contributed by atoms with van der Waals surface area (Å²) in [5.74, 6) is -0.354. The lowest BCUT2D eigenvalue weighted by Gasteiger charge is -2.28. The van der Waals surface area contributed by atoms with Crippen molar-refractivity contribution in [3.05, 3.63) is 40.7 Å². The maximum absolute atomic E-state index is 13.1. The molecule has 2 unspecified atom stereocenters. The summed E-state index contributed by atoms with van der Waals surface area (Å²) in [5, 5.41) is 9.99. The van der Waals surface area contributed by atoms with Gasteiger partial charge in [-0.3, -0.25) is 4.21 Å². The standard InChI is InChI=1S/C11H12FNO2S/c1-13-6-10(16(2)15)11(14)8-4-3-7(12)5-9(8)13/h3-6,11,14H,1-2H3. The fourth-order valence-electron chi connectivity index (χ4n) is 1.77. The van der Waals surface area contributed by atoms with Crippen molar-refractivity contribution in [2.45, 2.75) is 6.10 Å². The number of hydrogen-bond donors (Lipinski definition) is 1. The number of fused-ring (bicyclic) bond motifs is 1. The van der Waals surface area contributed by atoms with Gasteiger partial charge in [0.25, 0.3) is 0 Å². The summed E-state index contributed by atoms with van der Waals surface area (Å²) in [6.45, 7) is 0. The van der Waals surface area contributed by atoms with Gasteiger partial charge in [0, 0.05) is 30.8 Å². The molecule has 0 aliphatic carbocycles. The molecule has 0 saturated carbocycles. The number of rotatable bonds is 1. The summed E-state index contributed by atoms with van der Waals surface area (Å²) >= 11 is 0. The van der Waals surface area contributed by atoms with Crippen LogP contribution in [0.5, 0.6) is 0 Å². The number of anilines is 1. The average Bonchev–Trinajstić information content (AvgIpc) is 2.22. The van der Waals surface area contributed by atoms with E-state index in [2.05, 4.69) is 0 Å². The summed E-state index contributed by atoms with van der Waals surface area (Å²) in [6.07, 6.45) is 2.18. The maximum Gasteiger partial charge on any atom is 0.125 e. The van der Waals surface area contributed by atoms with Gasteiger partial charge in [-0.25, -0.2) is 4.39 Å². The lowest BCUT2D eigenvalue weighted by atomic mass is 10.0. The smallest absolute Gasteiger partial charge is 0.125 e. The molecular weight excluding hydrogens is 229 g/mol. The number of nitrogens with zero attached hydrogens (tertiary/aromatic N) is 1. The first kappa shape index (κ1) is 11.3. The summed E-state index contributed by atoms with van der Waals surface area (Å²) < 4.78 is 24.5. The van der Waals surface area contributed by atoms with E-state index in [-0.39, 0.29) is 5.82 Å². The van der Waals surface area contributed by atoms with Crippen LogP contribution in [0.4, 0.5) is 10.1 Å². The fraction of sp³-hybridized carbons (Fsp3) is 0.273. The van der Waals surface area contributed by atoms with Gasteiger partial charge in [0.05, 0.1) is 15.7 Å². The highest BCUT2D eigenvalue weighted by Gasteiger charge is 2.26. The molecule has 1 aromatic carbocycles. The Kier molecular flexibility index (Phi) is 2.82. The predicted octanol–water partition coefficient (Wildman–Crippen LogP) is 1.53. The molecule has 2 rings (SSSR count). The van der Waals surface area contributed by atoms with E-state index in [0.29, 0.717) is 16.2 Å². The lowest BCUT2D eigenvalue weighted by Crippen LogP contribution is -2.22. The third kappa shape index (κ3) is 1.76. The number of halogens is 1. The molecule has 0 saturated heterocycles. The minimum Gasteiger partial charge on any atom is -0.383 e. The van der Waals surface area contributed by atoms with Gasteiger partial charge in [0.1, 0.15) is 11.9 Å². The van der Waals surface area contributed by atoms with Crippen molar-refractivity contribution in [3.8, 4) is 0 Å². The summed E-state index contributed by atoms with van der Waals surface area (Å²) in [4.78, 5) is 2.10. The van der Waals surface area contributed by atoms with Crippen molar-refractivity contribution in [1.29, 1.82) is 0 Å². The molecule has 1 aliphatic rings. The zero-order chi connectivity index (χ0) is 11.9. The molecule has 0 aromatic heterocycles. The number of hydrogen-bond acceptors (Lipinski definition) is 3. The third-order valence-electron chi connectivity index (χ3n) is 2.59. The third-order valence-corrected chi connectivity index (χ3v) is 3.58. The van der Waals surface area contributed by atoms with Crippen molar-refractivity contribution in [3.63, 3.8) is 0 Å². The normalized spacial score (nSPS) is 21.4. The molecule has 86 valence electrons. The van der Waals surface area contributed by atoms with Crippen molar-refractivity contribution in [2.24, 2.45) is 0 Å². The molecule has 0 radical (unpaired) electrons. The molecule has 16 heavy (non-hydrogen) atoms. The molecular formula is C11H12FNO2S. The highest BCUT2D eigenvalue weighted by Crippen LogP contribution is 2.36. The van der Waals surface area contributed by atoms with E-state index in [0.717, 1.165) is 0 Å². The zero-order valence-corrected chi connectivity index (χ0v) is 9.79. The van der Waals surface area contributed by atoms with Crippen LogP contribution in [0.1, 0.15) is 11.7 Å². The SMILES string of the molecule is CN1C=C(S(C)=O)C(O)c2ccc(F)cc21. The zero-order valence-electron chi connectivity index (χ0n) is 8.98. The highest BCUT2D eigenvalue weighted by molar-refractivity contribution is 7.88. The minimum absolute atomic E-state index is 0.354. The van der Waals surface area contributed by atoms with Gasteiger partial charge in [-0.1, -0.05) is 6.07 Å². The van der Waals surface area contributed by atoms with Gasteiger partial charge in [0.15, 0.2) is 0 Å². The Balaban J connectivity index is 2.55. The van der Waals surface area contributed by atoms with E-state index in [4.69, 9.17) is 0 Å². The molecule has 0 bridgehead atoms. The Morgan fingerprint density at radius 3 is 2.81 bits per heavy atom. The monoisotopic (exact) mass is 241 g/mol. The van der Waals surface area contributed by atoms with Crippen molar-refractivity contribution < 1.29 is 13.7 Å². The Morgan fingerprint density at radius 1 is 1.50 bits per heavy atom. The first-order valence-electron chi connectivity index (χ1n) is 4.76. The van der Waals surface area contributed by atoms with E-state index in [1.807, 2.05) is 0 Å². The second kappa shape index (κ2) is 3.99. The molecule has 1 aromatic rings. The molecule has 0 fully saturated rings. The van der Waals surface area contributed by atoms with Gasteiger partial charge >= 0.3 is 0 Å². The fourth-order valence-corrected chi connectivity index (χ4v) is 2.52. The first-order valence-corrected chi connectivity index (χ1v) is 6.32. The Hall–Kier alpha value is -1.20. The van der Waals surface area contributed by atoms with Crippen molar-refractivity contribution in [1.82, 2.24) is 0 Å². The van der Waals surface area contributed by atoms with Gasteiger partial charge < -0.3 is 10.0 Å². The van der Waals surface area contributed by atoms with Gasteiger partial charge in [-0.05, 0) is 12.1 Å². The van der Waals surface area contributed by atoms with Gasteiger partial charge in [0.2, 0.25) is 0 Å². The highest BCUT2D eigenvalue weighted by atomic mass is 32.2. The number of benzene rings is 1. The predicted molar refractivity (Wildman–Crippen MR) is 61.9 cm³/mol. The summed E-state index contributed by atoms with van der Waals surface area (Å²) in [5.41, 5.74) is 1.18. The Labute approximate surface area is 95.7 Å². The van der Waals surface area contributed by atoms with E-state index in [1.54, 1.807) is 18.1 Å². The van der Waals surface area contributed by atoms with Crippen LogP contribution in [0.25, 0.3) is 0 Å². The molecule has 1 aliphatic heterocycles. The number of aliphatic hydroxyl groups excluding tert-OH is 1. The van der Waals surface area contributed by atoms with Crippen LogP contribution in [0.2, 0.25) is 0 Å². The van der Waals surface area contributed by atoms with E-state index < -0.39 is 16.9 Å². The molecule has 1 heterocycles. The van der Waals surface area contributed by atoms with E-state index in [9.17, 15) is 13.7 Å². The molecule has 2 atom stereocenters. The number of aliphatic hydroxyl groups is 1. The molecule has 5 heteroatoms. The quantitative estimate of drug-likeness (QED) is 0.810. The van der Waals surface area contributed by atoms with E-state index in [1.165, 1.54) is 24.5 Å². The van der Waals surface area contributed by atoms with Crippen LogP contribution >= 0.6 is 0 Å². The van der Waals surface area contributed by atoms with Crippen molar-refractivity contribution in [2.75, 3.05) is 18.2 Å². The Bertz CT molecular complexity index is 487. The van der Waals surface area contributed by atoms with Crippen LogP contribution in [-0.2, 0) is 10.8 Å². The van der Waals surface area contributed by atoms with Crippen molar-refractivity contribution >= 4 is 16.5 Å². The van der Waals surface area contributed by atoms with Gasteiger partial charge in [-0.15, -0.1) is 0 Å². The van der Waals surface area contributed by atoms with Crippen LogP contribution in [-0.4, -0.2) is 22.6 Å². The van der Waals surface area contributed by atoms with Gasteiger partial charge in [-0.2, -0.15) is 0 Å². The Morgan fingerprint density at radius 2 is 2.19 bits per heavy atom. The topological polar surface area (TPSA) is 40.5 Å². The average molecular weight is 241 g/mol. The maximum atomic E-state index is 13.1. The minimum atomic E-state index is -1.24. The van der Waals surface area contributed by atoms with Crippen LogP contribution < -0.4 is 4.90 Å². The largest absolute Gasteiger partial charge is 0.383 e. The molecule has 1 N–H and O–H groups in total. The molecule has 3 nitrogen and oxygen atoms in total.